The Hall–Kier alpha value is -1.58. The lowest BCUT2D eigenvalue weighted by Crippen LogP contribution is -2.22. The third-order valence-electron chi connectivity index (χ3n) is 3.31. The Kier molecular flexibility index (Phi) is 7.05. The lowest BCUT2D eigenvalue weighted by molar-refractivity contribution is 0.0827. The molecule has 112 valence electrons. The lowest BCUT2D eigenvalue weighted by atomic mass is 10.1. The van der Waals surface area contributed by atoms with E-state index in [-0.39, 0.29) is 5.91 Å². The van der Waals surface area contributed by atoms with Crippen molar-refractivity contribution >= 4 is 11.7 Å². The number of unbranched alkanes of at least 4 members (excludes halogenated alkanes) is 1. The number of aromatic nitrogens is 1. The summed E-state index contributed by atoms with van der Waals surface area (Å²) in [5.41, 5.74) is 0.626. The zero-order valence-corrected chi connectivity index (χ0v) is 13.1. The molecule has 0 saturated heterocycles. The van der Waals surface area contributed by atoms with E-state index in [4.69, 9.17) is 0 Å². The van der Waals surface area contributed by atoms with E-state index in [0.29, 0.717) is 11.6 Å². The zero-order chi connectivity index (χ0) is 15.0. The van der Waals surface area contributed by atoms with Crippen molar-refractivity contribution in [3.63, 3.8) is 0 Å². The van der Waals surface area contributed by atoms with E-state index in [2.05, 4.69) is 24.1 Å². The fraction of sp³-hybridized carbons (Fsp3) is 0.625. The summed E-state index contributed by atoms with van der Waals surface area (Å²) in [5.74, 6) is 0.843. The van der Waals surface area contributed by atoms with Crippen LogP contribution in [0.3, 0.4) is 0 Å². The van der Waals surface area contributed by atoms with Crippen molar-refractivity contribution in [2.75, 3.05) is 19.4 Å². The van der Waals surface area contributed by atoms with E-state index >= 15 is 0 Å². The standard InChI is InChI=1S/C16H27N3O/c1-5-7-9-14(8-6-2)18-15-11-10-13(12-17-15)16(20)19(3)4/h10-12,14H,5-9H2,1-4H3,(H,17,18). The molecule has 1 aromatic rings. The van der Waals surface area contributed by atoms with Gasteiger partial charge in [0.25, 0.3) is 5.91 Å². The molecule has 1 unspecified atom stereocenters. The van der Waals surface area contributed by atoms with E-state index in [9.17, 15) is 4.79 Å². The van der Waals surface area contributed by atoms with E-state index in [0.717, 1.165) is 12.2 Å². The third-order valence-corrected chi connectivity index (χ3v) is 3.31. The summed E-state index contributed by atoms with van der Waals surface area (Å²) in [7, 11) is 3.49. The number of rotatable bonds is 8. The predicted molar refractivity (Wildman–Crippen MR) is 84.1 cm³/mol. The van der Waals surface area contributed by atoms with Crippen LogP contribution in [0.25, 0.3) is 0 Å². The molecule has 0 aliphatic carbocycles. The molecule has 0 aliphatic rings. The number of amides is 1. The fourth-order valence-corrected chi connectivity index (χ4v) is 2.16. The average Bonchev–Trinajstić information content (AvgIpc) is 2.45. The Morgan fingerprint density at radius 2 is 2.00 bits per heavy atom. The molecular formula is C16H27N3O. The van der Waals surface area contributed by atoms with Crippen LogP contribution in [0, 0.1) is 0 Å². The van der Waals surface area contributed by atoms with Crippen molar-refractivity contribution in [2.24, 2.45) is 0 Å². The highest BCUT2D eigenvalue weighted by molar-refractivity contribution is 5.93. The quantitative estimate of drug-likeness (QED) is 0.790. The van der Waals surface area contributed by atoms with Crippen molar-refractivity contribution in [1.29, 1.82) is 0 Å². The van der Waals surface area contributed by atoms with Crippen LogP contribution in [0.5, 0.6) is 0 Å². The first-order chi connectivity index (χ1) is 9.58. The molecule has 20 heavy (non-hydrogen) atoms. The molecule has 1 N–H and O–H groups in total. The van der Waals surface area contributed by atoms with E-state index < -0.39 is 0 Å². The van der Waals surface area contributed by atoms with Crippen molar-refractivity contribution in [1.82, 2.24) is 9.88 Å². The van der Waals surface area contributed by atoms with E-state index in [1.165, 1.54) is 25.7 Å². The number of hydrogen-bond donors (Lipinski definition) is 1. The summed E-state index contributed by atoms with van der Waals surface area (Å²) < 4.78 is 0. The first-order valence-corrected chi connectivity index (χ1v) is 7.52. The van der Waals surface area contributed by atoms with Gasteiger partial charge in [-0.05, 0) is 25.0 Å². The highest BCUT2D eigenvalue weighted by Gasteiger charge is 2.10. The molecule has 1 heterocycles. The SMILES string of the molecule is CCCCC(CCC)Nc1ccc(C(=O)N(C)C)cn1. The highest BCUT2D eigenvalue weighted by atomic mass is 16.2. The van der Waals surface area contributed by atoms with Crippen LogP contribution in [-0.4, -0.2) is 35.9 Å². The van der Waals surface area contributed by atoms with Gasteiger partial charge >= 0.3 is 0 Å². The molecule has 0 radical (unpaired) electrons. The van der Waals surface area contributed by atoms with Gasteiger partial charge in [0.05, 0.1) is 5.56 Å². The molecule has 4 nitrogen and oxygen atoms in total. The van der Waals surface area contributed by atoms with E-state index in [1.54, 1.807) is 25.2 Å². The number of nitrogens with zero attached hydrogens (tertiary/aromatic N) is 2. The van der Waals surface area contributed by atoms with Crippen molar-refractivity contribution in [3.05, 3.63) is 23.9 Å². The second-order valence-electron chi connectivity index (χ2n) is 5.40. The fourth-order valence-electron chi connectivity index (χ4n) is 2.16. The minimum absolute atomic E-state index is 0.0138. The van der Waals surface area contributed by atoms with E-state index in [1.807, 2.05) is 12.1 Å². The summed E-state index contributed by atoms with van der Waals surface area (Å²) in [6, 6.07) is 4.20. The topological polar surface area (TPSA) is 45.2 Å². The Morgan fingerprint density at radius 1 is 1.25 bits per heavy atom. The molecule has 1 amide bonds. The minimum atomic E-state index is -0.0138. The van der Waals surface area contributed by atoms with Gasteiger partial charge in [-0.1, -0.05) is 33.1 Å². The Morgan fingerprint density at radius 3 is 2.50 bits per heavy atom. The van der Waals surface area contributed by atoms with Crippen molar-refractivity contribution in [3.8, 4) is 0 Å². The molecule has 0 fully saturated rings. The van der Waals surface area contributed by atoms with Crippen LogP contribution < -0.4 is 5.32 Å². The minimum Gasteiger partial charge on any atom is -0.367 e. The number of pyridine rings is 1. The normalized spacial score (nSPS) is 12.0. The number of hydrogen-bond acceptors (Lipinski definition) is 3. The molecule has 0 spiro atoms. The molecule has 0 aromatic carbocycles. The maximum absolute atomic E-state index is 11.8. The number of nitrogens with one attached hydrogen (secondary N) is 1. The zero-order valence-electron chi connectivity index (χ0n) is 13.1. The molecule has 0 bridgehead atoms. The van der Waals surface area contributed by atoms with Gasteiger partial charge in [0, 0.05) is 26.3 Å². The predicted octanol–water partition coefficient (Wildman–Crippen LogP) is 3.55. The second-order valence-corrected chi connectivity index (χ2v) is 5.40. The van der Waals surface area contributed by atoms with Gasteiger partial charge in [-0.15, -0.1) is 0 Å². The number of anilines is 1. The Labute approximate surface area is 122 Å². The summed E-state index contributed by atoms with van der Waals surface area (Å²) in [4.78, 5) is 17.7. The van der Waals surface area contributed by atoms with Crippen LogP contribution in [0.2, 0.25) is 0 Å². The molecule has 0 aliphatic heterocycles. The second kappa shape index (κ2) is 8.56. The smallest absolute Gasteiger partial charge is 0.254 e. The first-order valence-electron chi connectivity index (χ1n) is 7.52. The molecule has 1 atom stereocenters. The molecule has 0 saturated carbocycles. The van der Waals surface area contributed by atoms with Crippen LogP contribution in [0.1, 0.15) is 56.3 Å². The Bertz CT molecular complexity index is 401. The van der Waals surface area contributed by atoms with Gasteiger partial charge in [-0.2, -0.15) is 0 Å². The summed E-state index contributed by atoms with van der Waals surface area (Å²) in [6.07, 6.45) is 7.58. The van der Waals surface area contributed by atoms with Crippen LogP contribution >= 0.6 is 0 Å². The van der Waals surface area contributed by atoms with Gasteiger partial charge in [0.15, 0.2) is 0 Å². The lowest BCUT2D eigenvalue weighted by Gasteiger charge is -2.18. The Balaban J connectivity index is 2.64. The number of carbonyl (C=O) groups excluding carboxylic acids is 1. The van der Waals surface area contributed by atoms with Gasteiger partial charge < -0.3 is 10.2 Å². The maximum Gasteiger partial charge on any atom is 0.254 e. The number of carbonyl (C=O) groups is 1. The summed E-state index contributed by atoms with van der Waals surface area (Å²) in [6.45, 7) is 4.41. The molecular weight excluding hydrogens is 250 g/mol. The third kappa shape index (κ3) is 5.19. The van der Waals surface area contributed by atoms with Gasteiger partial charge in [-0.3, -0.25) is 4.79 Å². The van der Waals surface area contributed by atoms with Gasteiger partial charge in [-0.25, -0.2) is 4.98 Å². The first kappa shape index (κ1) is 16.5. The van der Waals surface area contributed by atoms with Crippen LogP contribution in [0.4, 0.5) is 5.82 Å². The largest absolute Gasteiger partial charge is 0.367 e. The van der Waals surface area contributed by atoms with Gasteiger partial charge in [0.2, 0.25) is 0 Å². The van der Waals surface area contributed by atoms with Crippen molar-refractivity contribution < 1.29 is 4.79 Å². The maximum atomic E-state index is 11.8. The highest BCUT2D eigenvalue weighted by Crippen LogP contribution is 2.14. The van der Waals surface area contributed by atoms with Gasteiger partial charge in [0.1, 0.15) is 5.82 Å². The monoisotopic (exact) mass is 277 g/mol. The summed E-state index contributed by atoms with van der Waals surface area (Å²) >= 11 is 0. The molecule has 1 aromatic heterocycles. The molecule has 4 heteroatoms. The average molecular weight is 277 g/mol. The van der Waals surface area contributed by atoms with Crippen molar-refractivity contribution in [2.45, 2.75) is 52.0 Å². The van der Waals surface area contributed by atoms with Crippen LogP contribution in [0.15, 0.2) is 18.3 Å². The van der Waals surface area contributed by atoms with Crippen LogP contribution in [-0.2, 0) is 0 Å². The molecule has 1 rings (SSSR count). The summed E-state index contributed by atoms with van der Waals surface area (Å²) in [5, 5.41) is 3.47.